The summed E-state index contributed by atoms with van der Waals surface area (Å²) in [6, 6.07) is 21.2. The highest BCUT2D eigenvalue weighted by Crippen LogP contribution is 2.24. The molecule has 208 valence electrons. The number of nitrogens with zero attached hydrogens (tertiary/aromatic N) is 3. The smallest absolute Gasteiger partial charge is 0.304 e. The summed E-state index contributed by atoms with van der Waals surface area (Å²) in [4.78, 5) is 28.8. The number of aryl methyl sites for hydroxylation is 1. The van der Waals surface area contributed by atoms with E-state index >= 15 is 0 Å². The number of rotatable bonds is 12. The Morgan fingerprint density at radius 2 is 1.54 bits per heavy atom. The van der Waals surface area contributed by atoms with Crippen LogP contribution in [0.5, 0.6) is 0 Å². The molecule has 1 atom stereocenters. The number of anilines is 1. The van der Waals surface area contributed by atoms with Crippen LogP contribution in [-0.4, -0.2) is 62.7 Å². The molecule has 1 unspecified atom stereocenters. The maximum atomic E-state index is 14.8. The third kappa shape index (κ3) is 7.42. The summed E-state index contributed by atoms with van der Waals surface area (Å²) in [6.07, 6.45) is 0.213. The van der Waals surface area contributed by atoms with Gasteiger partial charge in [0.25, 0.3) is 0 Å². The number of halogens is 1. The van der Waals surface area contributed by atoms with Gasteiger partial charge in [-0.25, -0.2) is 8.70 Å². The molecule has 0 aliphatic rings. The molecular weight excluding hydrogens is 519 g/mol. The van der Waals surface area contributed by atoms with Gasteiger partial charge in [-0.05, 0) is 42.7 Å². The van der Waals surface area contributed by atoms with Crippen molar-refractivity contribution in [2.75, 3.05) is 31.5 Å². The maximum absolute atomic E-state index is 14.8. The van der Waals surface area contributed by atoms with Crippen LogP contribution >= 0.6 is 0 Å². The Labute approximate surface area is 230 Å². The van der Waals surface area contributed by atoms with Crippen molar-refractivity contribution < 1.29 is 22.4 Å². The zero-order valence-electron chi connectivity index (χ0n) is 22.7. The lowest BCUT2D eigenvalue weighted by atomic mass is 10.0. The third-order valence-electron chi connectivity index (χ3n) is 6.36. The van der Waals surface area contributed by atoms with Crippen LogP contribution in [0.25, 0.3) is 0 Å². The lowest BCUT2D eigenvalue weighted by Gasteiger charge is -2.34. The first-order valence-electron chi connectivity index (χ1n) is 12.7. The molecule has 39 heavy (non-hydrogen) atoms. The fourth-order valence-corrected chi connectivity index (χ4v) is 5.24. The van der Waals surface area contributed by atoms with Crippen molar-refractivity contribution in [1.82, 2.24) is 14.5 Å². The number of nitrogens with one attached hydrogen (secondary N) is 1. The number of carbonyl (C=O) groups excluding carboxylic acids is 2. The molecule has 3 aromatic carbocycles. The van der Waals surface area contributed by atoms with Gasteiger partial charge in [0.05, 0.1) is 5.69 Å². The minimum atomic E-state index is -4.26. The van der Waals surface area contributed by atoms with Gasteiger partial charge in [0.2, 0.25) is 11.8 Å². The predicted octanol–water partition coefficient (Wildman–Crippen LogP) is 3.52. The summed E-state index contributed by atoms with van der Waals surface area (Å²) in [5.74, 6) is -1.79. The van der Waals surface area contributed by atoms with Crippen LogP contribution in [0.3, 0.4) is 0 Å². The number of carbonyl (C=O) groups is 2. The number of hydrogen-bond acceptors (Lipinski definition) is 4. The number of para-hydroxylation sites is 1. The van der Waals surface area contributed by atoms with Crippen LogP contribution in [-0.2, 0) is 32.8 Å². The fraction of sp³-hybridized carbons (Fsp3) is 0.310. The van der Waals surface area contributed by atoms with Crippen molar-refractivity contribution in [1.29, 1.82) is 0 Å². The van der Waals surface area contributed by atoms with Gasteiger partial charge >= 0.3 is 10.2 Å². The number of benzene rings is 3. The summed E-state index contributed by atoms with van der Waals surface area (Å²) in [5, 5.41) is 2.81. The highest BCUT2D eigenvalue weighted by atomic mass is 32.2. The Morgan fingerprint density at radius 1 is 0.923 bits per heavy atom. The standard InChI is InChI=1S/C29H35FN4O4S/c1-5-31-29(36)27(19-23-14-7-6-8-15-23)33(20-24-16-10-9-13-22(24)2)28(35)21-34(39(37,38)32(3)4)26-18-12-11-17-25(26)30/h6-18,27H,5,19-21H2,1-4H3,(H,31,36). The minimum Gasteiger partial charge on any atom is -0.355 e. The summed E-state index contributed by atoms with van der Waals surface area (Å²) in [6.45, 7) is 3.41. The van der Waals surface area contributed by atoms with Gasteiger partial charge < -0.3 is 10.2 Å². The quantitative estimate of drug-likeness (QED) is 0.371. The topological polar surface area (TPSA) is 90.0 Å². The molecule has 2 amide bonds. The largest absolute Gasteiger partial charge is 0.355 e. The second kappa shape index (κ2) is 13.3. The summed E-state index contributed by atoms with van der Waals surface area (Å²) in [5.41, 5.74) is 2.30. The molecule has 0 saturated heterocycles. The zero-order valence-corrected chi connectivity index (χ0v) is 23.5. The third-order valence-corrected chi connectivity index (χ3v) is 8.17. The molecule has 0 radical (unpaired) electrons. The molecular formula is C29H35FN4O4S. The number of likely N-dealkylation sites (N-methyl/N-ethyl adjacent to an activating group) is 1. The van der Waals surface area contributed by atoms with E-state index in [9.17, 15) is 22.4 Å². The molecule has 0 heterocycles. The van der Waals surface area contributed by atoms with Crippen LogP contribution in [0.4, 0.5) is 10.1 Å². The zero-order chi connectivity index (χ0) is 28.6. The first-order chi connectivity index (χ1) is 18.6. The first-order valence-corrected chi connectivity index (χ1v) is 14.1. The lowest BCUT2D eigenvalue weighted by molar-refractivity contribution is -0.140. The SMILES string of the molecule is CCNC(=O)C(Cc1ccccc1)N(Cc1ccccc1C)C(=O)CN(c1ccccc1F)S(=O)(=O)N(C)C. The van der Waals surface area contributed by atoms with Gasteiger partial charge in [-0.2, -0.15) is 12.7 Å². The maximum Gasteiger partial charge on any atom is 0.304 e. The second-order valence-corrected chi connectivity index (χ2v) is 11.4. The Bertz CT molecular complexity index is 1380. The van der Waals surface area contributed by atoms with Crippen molar-refractivity contribution in [2.45, 2.75) is 32.9 Å². The van der Waals surface area contributed by atoms with Crippen molar-refractivity contribution in [3.63, 3.8) is 0 Å². The summed E-state index contributed by atoms with van der Waals surface area (Å²) >= 11 is 0. The van der Waals surface area contributed by atoms with E-state index in [4.69, 9.17) is 0 Å². The van der Waals surface area contributed by atoms with Crippen LogP contribution in [0.1, 0.15) is 23.6 Å². The minimum absolute atomic E-state index is 0.0628. The van der Waals surface area contributed by atoms with Crippen LogP contribution in [0.15, 0.2) is 78.9 Å². The van der Waals surface area contributed by atoms with E-state index in [1.54, 1.807) is 6.92 Å². The van der Waals surface area contributed by atoms with Crippen molar-refractivity contribution in [3.8, 4) is 0 Å². The van der Waals surface area contributed by atoms with E-state index in [1.807, 2.05) is 61.5 Å². The van der Waals surface area contributed by atoms with E-state index in [-0.39, 0.29) is 24.6 Å². The predicted molar refractivity (Wildman–Crippen MR) is 151 cm³/mol. The molecule has 3 rings (SSSR count). The molecule has 1 N–H and O–H groups in total. The normalized spacial score (nSPS) is 12.2. The molecule has 3 aromatic rings. The summed E-state index contributed by atoms with van der Waals surface area (Å²) < 4.78 is 43.1. The second-order valence-electron chi connectivity index (χ2n) is 9.30. The molecule has 0 aliphatic heterocycles. The van der Waals surface area contributed by atoms with Crippen molar-refractivity contribution in [2.24, 2.45) is 0 Å². The van der Waals surface area contributed by atoms with Crippen molar-refractivity contribution in [3.05, 3.63) is 101 Å². The van der Waals surface area contributed by atoms with E-state index < -0.39 is 34.5 Å². The van der Waals surface area contributed by atoms with Gasteiger partial charge in [-0.1, -0.05) is 66.7 Å². The highest BCUT2D eigenvalue weighted by molar-refractivity contribution is 7.90. The van der Waals surface area contributed by atoms with Crippen LogP contribution in [0, 0.1) is 12.7 Å². The molecule has 8 nitrogen and oxygen atoms in total. The lowest BCUT2D eigenvalue weighted by Crippen LogP contribution is -2.54. The molecule has 0 saturated carbocycles. The van der Waals surface area contributed by atoms with Gasteiger partial charge in [0, 0.05) is 33.6 Å². The van der Waals surface area contributed by atoms with E-state index in [2.05, 4.69) is 5.32 Å². The average molecular weight is 555 g/mol. The number of hydrogen-bond donors (Lipinski definition) is 1. The molecule has 0 spiro atoms. The van der Waals surface area contributed by atoms with E-state index in [0.717, 1.165) is 31.4 Å². The van der Waals surface area contributed by atoms with Gasteiger partial charge in [0.1, 0.15) is 18.4 Å². The average Bonchev–Trinajstić information content (AvgIpc) is 2.91. The Hall–Kier alpha value is -3.76. The van der Waals surface area contributed by atoms with Gasteiger partial charge in [-0.3, -0.25) is 9.59 Å². The molecule has 0 aromatic heterocycles. The number of amides is 2. The Morgan fingerprint density at radius 3 is 2.15 bits per heavy atom. The highest BCUT2D eigenvalue weighted by Gasteiger charge is 2.35. The van der Waals surface area contributed by atoms with Gasteiger partial charge in [0.15, 0.2) is 0 Å². The molecule has 10 heteroatoms. The first kappa shape index (κ1) is 29.8. The van der Waals surface area contributed by atoms with Crippen LogP contribution < -0.4 is 9.62 Å². The monoisotopic (exact) mass is 554 g/mol. The Balaban J connectivity index is 2.10. The molecule has 0 fully saturated rings. The van der Waals surface area contributed by atoms with E-state index in [0.29, 0.717) is 6.54 Å². The molecule has 0 aliphatic carbocycles. The van der Waals surface area contributed by atoms with Crippen molar-refractivity contribution >= 4 is 27.7 Å². The molecule has 0 bridgehead atoms. The van der Waals surface area contributed by atoms with Crippen LogP contribution in [0.2, 0.25) is 0 Å². The Kier molecular flexibility index (Phi) is 10.2. The summed E-state index contributed by atoms with van der Waals surface area (Å²) in [7, 11) is -1.64. The fourth-order valence-electron chi connectivity index (χ4n) is 4.17. The van der Waals surface area contributed by atoms with E-state index in [1.165, 1.54) is 37.2 Å². The van der Waals surface area contributed by atoms with Gasteiger partial charge in [-0.15, -0.1) is 0 Å².